The van der Waals surface area contributed by atoms with Crippen LogP contribution in [0.4, 0.5) is 0 Å². The molecule has 0 aliphatic carbocycles. The molecule has 19 heavy (non-hydrogen) atoms. The summed E-state index contributed by atoms with van der Waals surface area (Å²) in [4.78, 5) is 14.4. The van der Waals surface area contributed by atoms with Crippen molar-refractivity contribution in [3.63, 3.8) is 0 Å². The van der Waals surface area contributed by atoms with E-state index in [0.29, 0.717) is 17.2 Å². The Morgan fingerprint density at radius 1 is 1.05 bits per heavy atom. The minimum atomic E-state index is 0. The third-order valence-electron chi connectivity index (χ3n) is 5.19. The van der Waals surface area contributed by atoms with Gasteiger partial charge in [-0.3, -0.25) is 4.79 Å². The molecule has 2 heterocycles. The monoisotopic (exact) mass is 288 g/mol. The summed E-state index contributed by atoms with van der Waals surface area (Å²) in [6.07, 6.45) is 5.03. The van der Waals surface area contributed by atoms with Crippen LogP contribution in [0.15, 0.2) is 0 Å². The van der Waals surface area contributed by atoms with Crippen molar-refractivity contribution >= 4 is 18.3 Å². The van der Waals surface area contributed by atoms with Crippen molar-refractivity contribution in [1.29, 1.82) is 0 Å². The molecule has 0 radical (unpaired) electrons. The highest BCUT2D eigenvalue weighted by molar-refractivity contribution is 5.85. The largest absolute Gasteiger partial charge is 0.342 e. The van der Waals surface area contributed by atoms with Crippen LogP contribution < -0.4 is 5.32 Å². The molecule has 2 fully saturated rings. The Morgan fingerprint density at radius 2 is 1.58 bits per heavy atom. The Balaban J connectivity index is 0.00000180. The molecule has 2 rings (SSSR count). The van der Waals surface area contributed by atoms with Crippen LogP contribution in [0.5, 0.6) is 0 Å². The maximum absolute atomic E-state index is 12.3. The molecule has 0 aromatic carbocycles. The van der Waals surface area contributed by atoms with Crippen molar-refractivity contribution in [3.8, 4) is 0 Å². The molecule has 112 valence electrons. The van der Waals surface area contributed by atoms with Gasteiger partial charge in [-0.2, -0.15) is 0 Å². The number of piperidine rings is 2. The highest BCUT2D eigenvalue weighted by Gasteiger charge is 2.37. The average molecular weight is 289 g/mol. The molecule has 1 unspecified atom stereocenters. The van der Waals surface area contributed by atoms with E-state index >= 15 is 0 Å². The van der Waals surface area contributed by atoms with E-state index in [1.54, 1.807) is 0 Å². The maximum Gasteiger partial charge on any atom is 0.225 e. The summed E-state index contributed by atoms with van der Waals surface area (Å²) in [6.45, 7) is 10.6. The highest BCUT2D eigenvalue weighted by atomic mass is 35.5. The molecule has 1 spiro atoms. The van der Waals surface area contributed by atoms with Gasteiger partial charge in [-0.05, 0) is 50.1 Å². The van der Waals surface area contributed by atoms with Crippen LogP contribution in [-0.2, 0) is 4.79 Å². The molecular weight excluding hydrogens is 260 g/mol. The third-order valence-corrected chi connectivity index (χ3v) is 5.19. The summed E-state index contributed by atoms with van der Waals surface area (Å²) in [5.41, 5.74) is 0.545. The molecule has 0 aromatic heterocycles. The molecule has 1 amide bonds. The number of hydrogen-bond acceptors (Lipinski definition) is 2. The van der Waals surface area contributed by atoms with Crippen molar-refractivity contribution in [3.05, 3.63) is 0 Å². The molecule has 0 saturated carbocycles. The van der Waals surface area contributed by atoms with E-state index in [0.717, 1.165) is 26.2 Å². The van der Waals surface area contributed by atoms with Gasteiger partial charge in [-0.25, -0.2) is 0 Å². The second-order valence-corrected chi connectivity index (χ2v) is 6.61. The second kappa shape index (κ2) is 6.94. The zero-order chi connectivity index (χ0) is 13.2. The Kier molecular flexibility index (Phi) is 6.13. The molecule has 2 saturated heterocycles. The van der Waals surface area contributed by atoms with Crippen LogP contribution in [0, 0.1) is 17.3 Å². The smallest absolute Gasteiger partial charge is 0.225 e. The van der Waals surface area contributed by atoms with Crippen molar-refractivity contribution in [2.75, 3.05) is 26.2 Å². The molecule has 0 aromatic rings. The molecule has 2 aliphatic rings. The van der Waals surface area contributed by atoms with Gasteiger partial charge in [-0.1, -0.05) is 20.8 Å². The van der Waals surface area contributed by atoms with Crippen LogP contribution >= 0.6 is 12.4 Å². The van der Waals surface area contributed by atoms with E-state index in [-0.39, 0.29) is 18.3 Å². The zero-order valence-corrected chi connectivity index (χ0v) is 13.4. The first-order valence-electron chi connectivity index (χ1n) is 7.54. The number of likely N-dealkylation sites (tertiary alicyclic amines) is 1. The first kappa shape index (κ1) is 16.8. The third kappa shape index (κ3) is 3.85. The van der Waals surface area contributed by atoms with Crippen molar-refractivity contribution in [2.45, 2.75) is 46.5 Å². The van der Waals surface area contributed by atoms with E-state index in [2.05, 4.69) is 31.0 Å². The minimum Gasteiger partial charge on any atom is -0.342 e. The molecule has 1 N–H and O–H groups in total. The lowest BCUT2D eigenvalue weighted by Gasteiger charge is -2.45. The number of hydrogen-bond donors (Lipinski definition) is 1. The quantitative estimate of drug-likeness (QED) is 0.847. The fourth-order valence-electron chi connectivity index (χ4n) is 3.23. The number of halogens is 1. The Hall–Kier alpha value is -0.280. The van der Waals surface area contributed by atoms with Crippen LogP contribution in [0.1, 0.15) is 46.5 Å². The molecule has 2 aliphatic heterocycles. The van der Waals surface area contributed by atoms with Crippen molar-refractivity contribution in [1.82, 2.24) is 10.2 Å². The number of nitrogens with one attached hydrogen (secondary N) is 1. The topological polar surface area (TPSA) is 32.3 Å². The minimum absolute atomic E-state index is 0. The molecule has 1 atom stereocenters. The molecule has 0 bridgehead atoms. The summed E-state index contributed by atoms with van der Waals surface area (Å²) < 4.78 is 0. The summed E-state index contributed by atoms with van der Waals surface area (Å²) in [7, 11) is 0. The fourth-order valence-corrected chi connectivity index (χ4v) is 3.23. The normalized spacial score (nSPS) is 24.1. The van der Waals surface area contributed by atoms with Gasteiger partial charge in [0.2, 0.25) is 5.91 Å². The fraction of sp³-hybridized carbons (Fsp3) is 0.933. The van der Waals surface area contributed by atoms with Gasteiger partial charge in [0.25, 0.3) is 0 Å². The predicted octanol–water partition coefficient (Wildman–Crippen LogP) is 2.69. The number of rotatable bonds is 2. The lowest BCUT2D eigenvalue weighted by Crippen LogP contribution is -2.48. The molecule has 4 heteroatoms. The van der Waals surface area contributed by atoms with Crippen LogP contribution in [-0.4, -0.2) is 37.0 Å². The van der Waals surface area contributed by atoms with E-state index in [1.165, 1.54) is 25.7 Å². The maximum atomic E-state index is 12.3. The standard InChI is InChI=1S/C15H28N2O.ClH/c1-12(2)13(3)14(18)17-10-6-15(7-11-17)4-8-16-9-5-15;/h12-13,16H,4-11H2,1-3H3;1H. The van der Waals surface area contributed by atoms with E-state index in [1.807, 2.05) is 0 Å². The van der Waals surface area contributed by atoms with Gasteiger partial charge in [-0.15, -0.1) is 12.4 Å². The van der Waals surface area contributed by atoms with Gasteiger partial charge < -0.3 is 10.2 Å². The molecule has 3 nitrogen and oxygen atoms in total. The Bertz CT molecular complexity index is 291. The second-order valence-electron chi connectivity index (χ2n) is 6.61. The highest BCUT2D eigenvalue weighted by Crippen LogP contribution is 2.39. The van der Waals surface area contributed by atoms with Gasteiger partial charge in [0.05, 0.1) is 0 Å². The number of amides is 1. The number of carbonyl (C=O) groups is 1. The van der Waals surface area contributed by atoms with Crippen LogP contribution in [0.25, 0.3) is 0 Å². The lowest BCUT2D eigenvalue weighted by atomic mass is 9.71. The number of nitrogens with zero attached hydrogens (tertiary/aromatic N) is 1. The summed E-state index contributed by atoms with van der Waals surface area (Å²) >= 11 is 0. The summed E-state index contributed by atoms with van der Waals surface area (Å²) in [5.74, 6) is 0.994. The lowest BCUT2D eigenvalue weighted by molar-refractivity contribution is -0.139. The average Bonchev–Trinajstić information content (AvgIpc) is 2.39. The zero-order valence-electron chi connectivity index (χ0n) is 12.6. The Morgan fingerprint density at radius 3 is 2.05 bits per heavy atom. The van der Waals surface area contributed by atoms with Crippen LogP contribution in [0.2, 0.25) is 0 Å². The van der Waals surface area contributed by atoms with Crippen molar-refractivity contribution in [2.24, 2.45) is 17.3 Å². The van der Waals surface area contributed by atoms with Crippen molar-refractivity contribution < 1.29 is 4.79 Å². The number of carbonyl (C=O) groups excluding carboxylic acids is 1. The summed E-state index contributed by atoms with van der Waals surface area (Å²) in [6, 6.07) is 0. The van der Waals surface area contributed by atoms with E-state index < -0.39 is 0 Å². The van der Waals surface area contributed by atoms with E-state index in [4.69, 9.17) is 0 Å². The Labute approximate surface area is 123 Å². The summed E-state index contributed by atoms with van der Waals surface area (Å²) in [5, 5.41) is 3.44. The first-order valence-corrected chi connectivity index (χ1v) is 7.54. The first-order chi connectivity index (χ1) is 8.54. The van der Waals surface area contributed by atoms with Gasteiger partial charge in [0, 0.05) is 19.0 Å². The molecular formula is C15H29ClN2O. The SMILES string of the molecule is CC(C)C(C)C(=O)N1CCC2(CCNCC2)CC1.Cl. The van der Waals surface area contributed by atoms with Gasteiger partial charge >= 0.3 is 0 Å². The van der Waals surface area contributed by atoms with Crippen LogP contribution in [0.3, 0.4) is 0 Å². The van der Waals surface area contributed by atoms with Gasteiger partial charge in [0.1, 0.15) is 0 Å². The van der Waals surface area contributed by atoms with Gasteiger partial charge in [0.15, 0.2) is 0 Å². The van der Waals surface area contributed by atoms with E-state index in [9.17, 15) is 4.79 Å². The predicted molar refractivity (Wildman–Crippen MR) is 81.6 cm³/mol.